The number of hydrogen-bond acceptors (Lipinski definition) is 5. The molecule has 1 aromatic carbocycles. The van der Waals surface area contributed by atoms with Gasteiger partial charge in [0.1, 0.15) is 5.82 Å². The van der Waals surface area contributed by atoms with E-state index < -0.39 is 23.7 Å². The Kier molecular flexibility index (Phi) is 5.68. The largest absolute Gasteiger partial charge is 0.454 e. The van der Waals surface area contributed by atoms with Gasteiger partial charge in [0.05, 0.1) is 18.3 Å². The summed E-state index contributed by atoms with van der Waals surface area (Å²) in [5.74, 6) is -2.46. The van der Waals surface area contributed by atoms with Crippen molar-refractivity contribution < 1.29 is 28.3 Å². The number of Topliss-reactive ketones (excluding diaryl/α,β-unsaturated/α-hetero) is 1. The molecular weight excluding hydrogens is 353 g/mol. The zero-order valence-corrected chi connectivity index (χ0v) is 15.2. The normalized spacial score (nSPS) is 23.1. The summed E-state index contributed by atoms with van der Waals surface area (Å²) in [4.78, 5) is 50.2. The number of amides is 2. The van der Waals surface area contributed by atoms with Gasteiger partial charge in [-0.25, -0.2) is 4.39 Å². The highest BCUT2D eigenvalue weighted by molar-refractivity contribution is 6.05. The van der Waals surface area contributed by atoms with Gasteiger partial charge < -0.3 is 4.74 Å². The van der Waals surface area contributed by atoms with Crippen LogP contribution in [-0.2, 0) is 19.1 Å². The van der Waals surface area contributed by atoms with Crippen molar-refractivity contribution in [3.8, 4) is 0 Å². The van der Waals surface area contributed by atoms with Gasteiger partial charge in [-0.2, -0.15) is 0 Å². The molecule has 144 valence electrons. The van der Waals surface area contributed by atoms with Gasteiger partial charge in [0, 0.05) is 12.1 Å². The number of benzene rings is 1. The van der Waals surface area contributed by atoms with E-state index in [1.54, 1.807) is 0 Å². The molecule has 1 aliphatic carbocycles. The van der Waals surface area contributed by atoms with Crippen molar-refractivity contribution in [2.24, 2.45) is 11.8 Å². The topological polar surface area (TPSA) is 80.8 Å². The summed E-state index contributed by atoms with van der Waals surface area (Å²) in [7, 11) is 0. The van der Waals surface area contributed by atoms with Crippen molar-refractivity contribution >= 4 is 23.6 Å². The minimum atomic E-state index is -1.03. The fourth-order valence-corrected chi connectivity index (χ4v) is 3.81. The molecule has 1 aromatic rings. The Hall–Kier alpha value is -2.57. The van der Waals surface area contributed by atoms with E-state index in [4.69, 9.17) is 4.74 Å². The number of ether oxygens (including phenoxy) is 1. The van der Waals surface area contributed by atoms with Crippen molar-refractivity contribution in [2.45, 2.75) is 45.1 Å². The summed E-state index contributed by atoms with van der Waals surface area (Å²) >= 11 is 0. The molecule has 1 heterocycles. The van der Waals surface area contributed by atoms with Crippen LogP contribution in [0.2, 0.25) is 0 Å². The van der Waals surface area contributed by atoms with Crippen LogP contribution in [0.4, 0.5) is 4.39 Å². The maximum absolute atomic E-state index is 12.9. The van der Waals surface area contributed by atoms with Crippen molar-refractivity contribution in [3.63, 3.8) is 0 Å². The molecule has 3 atom stereocenters. The van der Waals surface area contributed by atoms with Crippen molar-refractivity contribution in [1.82, 2.24) is 4.90 Å². The number of esters is 1. The molecule has 1 saturated carbocycles. The van der Waals surface area contributed by atoms with Crippen molar-refractivity contribution in [1.29, 1.82) is 0 Å². The van der Waals surface area contributed by atoms with E-state index in [9.17, 15) is 23.6 Å². The third-order valence-corrected chi connectivity index (χ3v) is 5.28. The Morgan fingerprint density at radius 1 is 1.11 bits per heavy atom. The minimum Gasteiger partial charge on any atom is -0.454 e. The third kappa shape index (κ3) is 4.07. The zero-order valence-electron chi connectivity index (χ0n) is 15.2. The van der Waals surface area contributed by atoms with Gasteiger partial charge in [-0.15, -0.1) is 0 Å². The van der Waals surface area contributed by atoms with E-state index in [0.717, 1.165) is 42.7 Å². The van der Waals surface area contributed by atoms with Crippen LogP contribution in [0.15, 0.2) is 24.3 Å². The molecule has 0 spiro atoms. The molecule has 7 heteroatoms. The number of hydrogen-bond donors (Lipinski definition) is 0. The number of carbonyl (C=O) groups excluding carboxylic acids is 4. The fourth-order valence-electron chi connectivity index (χ4n) is 3.81. The molecule has 2 amide bonds. The number of rotatable bonds is 6. The van der Waals surface area contributed by atoms with E-state index in [-0.39, 0.29) is 42.2 Å². The lowest BCUT2D eigenvalue weighted by atomic mass is 9.81. The Morgan fingerprint density at radius 3 is 2.22 bits per heavy atom. The molecular formula is C20H22FNO5. The van der Waals surface area contributed by atoms with Crippen LogP contribution in [0.1, 0.15) is 49.4 Å². The van der Waals surface area contributed by atoms with Crippen LogP contribution >= 0.6 is 0 Å². The van der Waals surface area contributed by atoms with E-state index >= 15 is 0 Å². The first-order valence-corrected chi connectivity index (χ1v) is 9.23. The van der Waals surface area contributed by atoms with Crippen LogP contribution in [0, 0.1) is 17.7 Å². The van der Waals surface area contributed by atoms with Crippen LogP contribution in [0.3, 0.4) is 0 Å². The molecule has 1 saturated heterocycles. The average molecular weight is 375 g/mol. The summed E-state index contributed by atoms with van der Waals surface area (Å²) < 4.78 is 18.0. The first-order chi connectivity index (χ1) is 12.9. The first-order valence-electron chi connectivity index (χ1n) is 9.23. The van der Waals surface area contributed by atoms with E-state index in [2.05, 4.69) is 0 Å². The highest BCUT2D eigenvalue weighted by Crippen LogP contribution is 2.37. The fraction of sp³-hybridized carbons (Fsp3) is 0.500. The lowest BCUT2D eigenvalue weighted by Crippen LogP contribution is -2.34. The summed E-state index contributed by atoms with van der Waals surface area (Å²) in [6.07, 6.45) is 2.14. The monoisotopic (exact) mass is 375 g/mol. The highest BCUT2D eigenvalue weighted by atomic mass is 19.1. The van der Waals surface area contributed by atoms with E-state index in [1.165, 1.54) is 19.1 Å². The zero-order chi connectivity index (χ0) is 19.6. The molecule has 2 fully saturated rings. The first kappa shape index (κ1) is 19.2. The lowest BCUT2D eigenvalue weighted by Gasteiger charge is -2.19. The maximum atomic E-state index is 12.9. The van der Waals surface area contributed by atoms with Crippen molar-refractivity contribution in [3.05, 3.63) is 35.6 Å². The molecule has 0 N–H and O–H groups in total. The van der Waals surface area contributed by atoms with Gasteiger partial charge in [-0.3, -0.25) is 24.1 Å². The second-order valence-corrected chi connectivity index (χ2v) is 7.08. The van der Waals surface area contributed by atoms with Gasteiger partial charge in [-0.1, -0.05) is 12.8 Å². The molecule has 6 nitrogen and oxygen atoms in total. The summed E-state index contributed by atoms with van der Waals surface area (Å²) in [6, 6.07) is 4.97. The predicted molar refractivity (Wildman–Crippen MR) is 93.1 cm³/mol. The van der Waals surface area contributed by atoms with Gasteiger partial charge in [0.15, 0.2) is 6.10 Å². The lowest BCUT2D eigenvalue weighted by molar-refractivity contribution is -0.147. The van der Waals surface area contributed by atoms with Gasteiger partial charge >= 0.3 is 5.97 Å². The quantitative estimate of drug-likeness (QED) is 0.434. The summed E-state index contributed by atoms with van der Waals surface area (Å²) in [5.41, 5.74) is 0.241. The van der Waals surface area contributed by atoms with E-state index in [1.807, 2.05) is 0 Å². The molecule has 2 aliphatic rings. The van der Waals surface area contributed by atoms with Crippen LogP contribution in [-0.4, -0.2) is 41.1 Å². The number of carbonyl (C=O) groups is 4. The molecule has 3 rings (SSSR count). The number of ketones is 1. The highest BCUT2D eigenvalue weighted by Gasteiger charge is 2.47. The molecule has 27 heavy (non-hydrogen) atoms. The average Bonchev–Trinajstić information content (AvgIpc) is 2.91. The Bertz CT molecular complexity index is 736. The van der Waals surface area contributed by atoms with Crippen LogP contribution in [0.25, 0.3) is 0 Å². The number of fused-ring (bicyclic) bond motifs is 1. The smallest absolute Gasteiger partial charge is 0.308 e. The number of imide groups is 1. The Balaban J connectivity index is 1.52. The summed E-state index contributed by atoms with van der Waals surface area (Å²) in [6.45, 7) is 1.41. The number of nitrogens with zero attached hydrogens (tertiary/aromatic N) is 1. The molecule has 0 aromatic heterocycles. The molecule has 0 bridgehead atoms. The van der Waals surface area contributed by atoms with Crippen LogP contribution in [0.5, 0.6) is 0 Å². The second-order valence-electron chi connectivity index (χ2n) is 7.08. The Labute approximate surface area is 156 Å². The second kappa shape index (κ2) is 7.98. The predicted octanol–water partition coefficient (Wildman–Crippen LogP) is 2.51. The Morgan fingerprint density at radius 2 is 1.67 bits per heavy atom. The standard InChI is InChI=1S/C20H22FNO5/c1-12(18(24)13-6-8-14(21)9-7-13)27-17(23)10-11-22-19(25)15-4-2-3-5-16(15)20(22)26/h6-9,12,15-16H,2-5,10-11H2,1H3/t12-,15-,16-/m0/s1. The van der Waals surface area contributed by atoms with Crippen LogP contribution < -0.4 is 0 Å². The van der Waals surface area contributed by atoms with Crippen molar-refractivity contribution in [2.75, 3.05) is 6.54 Å². The van der Waals surface area contributed by atoms with E-state index in [0.29, 0.717) is 0 Å². The SMILES string of the molecule is C[C@H](OC(=O)CCN1C(=O)[C@H]2CCCC[C@@H]2C1=O)C(=O)c1ccc(F)cc1. The minimum absolute atomic E-state index is 0.0268. The van der Waals surface area contributed by atoms with Gasteiger partial charge in [-0.05, 0) is 44.0 Å². The molecule has 1 aliphatic heterocycles. The third-order valence-electron chi connectivity index (χ3n) is 5.28. The number of halogens is 1. The number of likely N-dealkylation sites (tertiary alicyclic amines) is 1. The summed E-state index contributed by atoms with van der Waals surface area (Å²) in [5, 5.41) is 0. The van der Waals surface area contributed by atoms with Gasteiger partial charge in [0.25, 0.3) is 0 Å². The molecule has 0 unspecified atom stereocenters. The molecule has 0 radical (unpaired) electrons. The maximum Gasteiger partial charge on any atom is 0.308 e. The van der Waals surface area contributed by atoms with Gasteiger partial charge in [0.2, 0.25) is 17.6 Å².